The maximum Gasteiger partial charge on any atom is 0.416 e. The highest BCUT2D eigenvalue weighted by molar-refractivity contribution is 7.89. The molecule has 1 saturated heterocycles. The highest BCUT2D eigenvalue weighted by Crippen LogP contribution is 2.30. The number of aromatic nitrogens is 2. The van der Waals surface area contributed by atoms with Crippen molar-refractivity contribution >= 4 is 21.8 Å². The zero-order valence-corrected chi connectivity index (χ0v) is 17.9. The van der Waals surface area contributed by atoms with Crippen LogP contribution < -0.4 is 9.62 Å². The van der Waals surface area contributed by atoms with Gasteiger partial charge in [0, 0.05) is 24.7 Å². The Morgan fingerprint density at radius 3 is 2.55 bits per heavy atom. The van der Waals surface area contributed by atoms with Crippen molar-refractivity contribution in [1.29, 1.82) is 0 Å². The fourth-order valence-electron chi connectivity index (χ4n) is 3.17. The van der Waals surface area contributed by atoms with Gasteiger partial charge in [-0.05, 0) is 42.5 Å². The Morgan fingerprint density at radius 1 is 1.18 bits per heavy atom. The molecule has 1 aliphatic heterocycles. The Labute approximate surface area is 186 Å². The number of cyclic esters (lactones) is 1. The van der Waals surface area contributed by atoms with E-state index in [-0.39, 0.29) is 13.1 Å². The number of hydrogen-bond acceptors (Lipinski definition) is 7. The van der Waals surface area contributed by atoms with Gasteiger partial charge in [-0.3, -0.25) is 4.90 Å². The number of alkyl halides is 3. The lowest BCUT2D eigenvalue weighted by molar-refractivity contribution is -0.137. The van der Waals surface area contributed by atoms with Crippen LogP contribution in [0.2, 0.25) is 0 Å². The summed E-state index contributed by atoms with van der Waals surface area (Å²) >= 11 is 0. The number of nitrogens with zero attached hydrogens (tertiary/aromatic N) is 3. The van der Waals surface area contributed by atoms with Crippen molar-refractivity contribution in [3.63, 3.8) is 0 Å². The number of hydrogen-bond donors (Lipinski definition) is 1. The van der Waals surface area contributed by atoms with E-state index in [4.69, 9.17) is 9.26 Å². The van der Waals surface area contributed by atoms with Crippen LogP contribution in [0.5, 0.6) is 0 Å². The summed E-state index contributed by atoms with van der Waals surface area (Å²) in [4.78, 5) is 17.1. The first-order valence-corrected chi connectivity index (χ1v) is 11.1. The molecule has 1 amide bonds. The lowest BCUT2D eigenvalue weighted by Gasteiger charge is -2.14. The molecule has 2 heterocycles. The van der Waals surface area contributed by atoms with Gasteiger partial charge in [-0.1, -0.05) is 11.2 Å². The molecule has 0 bridgehead atoms. The van der Waals surface area contributed by atoms with E-state index in [2.05, 4.69) is 14.9 Å². The first kappa shape index (κ1) is 22.7. The molecule has 2 aromatic carbocycles. The van der Waals surface area contributed by atoms with Crippen LogP contribution in [0.4, 0.5) is 23.7 Å². The smallest absolute Gasteiger partial charge is 0.416 e. The van der Waals surface area contributed by atoms with Crippen LogP contribution in [0.25, 0.3) is 11.4 Å². The van der Waals surface area contributed by atoms with Crippen LogP contribution in [0.3, 0.4) is 0 Å². The van der Waals surface area contributed by atoms with E-state index in [0.29, 0.717) is 29.0 Å². The van der Waals surface area contributed by atoms with Crippen LogP contribution in [-0.4, -0.2) is 43.8 Å². The maximum atomic E-state index is 12.9. The third kappa shape index (κ3) is 4.98. The molecule has 0 aliphatic carbocycles. The number of ether oxygens (including phenoxy) is 1. The van der Waals surface area contributed by atoms with Crippen LogP contribution >= 0.6 is 0 Å². The van der Waals surface area contributed by atoms with Crippen molar-refractivity contribution in [2.75, 3.05) is 18.0 Å². The second-order valence-electron chi connectivity index (χ2n) is 7.18. The summed E-state index contributed by atoms with van der Waals surface area (Å²) in [5, 5.41) is 3.81. The summed E-state index contributed by atoms with van der Waals surface area (Å²) in [6.07, 6.45) is -6.19. The second kappa shape index (κ2) is 8.48. The fraction of sp³-hybridized carbons (Fsp3) is 0.250. The monoisotopic (exact) mass is 482 g/mol. The Hall–Kier alpha value is -3.45. The van der Waals surface area contributed by atoms with Gasteiger partial charge in [-0.15, -0.1) is 0 Å². The molecule has 1 atom stereocenters. The Morgan fingerprint density at radius 2 is 1.91 bits per heavy atom. The number of sulfonamides is 1. The molecule has 1 N–H and O–H groups in total. The van der Waals surface area contributed by atoms with Crippen molar-refractivity contribution in [1.82, 2.24) is 14.9 Å². The zero-order valence-electron chi connectivity index (χ0n) is 17.0. The molecule has 1 fully saturated rings. The summed E-state index contributed by atoms with van der Waals surface area (Å²) in [6, 6.07) is 10.1. The van der Waals surface area contributed by atoms with E-state index in [1.165, 1.54) is 4.90 Å². The largest absolute Gasteiger partial charge is 0.443 e. The van der Waals surface area contributed by atoms with E-state index >= 15 is 0 Å². The van der Waals surface area contributed by atoms with Crippen molar-refractivity contribution in [3.8, 4) is 11.4 Å². The molecule has 0 spiro atoms. The van der Waals surface area contributed by atoms with E-state index in [1.54, 1.807) is 31.2 Å². The predicted molar refractivity (Wildman–Crippen MR) is 109 cm³/mol. The van der Waals surface area contributed by atoms with Crippen molar-refractivity contribution in [3.05, 3.63) is 60.0 Å². The fourth-order valence-corrected chi connectivity index (χ4v) is 4.28. The van der Waals surface area contributed by atoms with E-state index in [9.17, 15) is 26.4 Å². The van der Waals surface area contributed by atoms with Crippen LogP contribution in [0, 0.1) is 6.92 Å². The lowest BCUT2D eigenvalue weighted by atomic mass is 10.2. The maximum absolute atomic E-state index is 12.9. The molecule has 1 aromatic heterocycles. The number of rotatable bonds is 6. The number of amides is 1. The predicted octanol–water partition coefficient (Wildman–Crippen LogP) is 3.37. The molecule has 1 unspecified atom stereocenters. The molecular formula is C20H17F3N4O5S. The number of anilines is 1. The van der Waals surface area contributed by atoms with E-state index in [1.807, 2.05) is 0 Å². The van der Waals surface area contributed by atoms with Gasteiger partial charge in [0.05, 0.1) is 17.0 Å². The SMILES string of the molecule is Cc1nc(-c2ccc(N3CC(CNS(=O)(=O)c4cccc(C(F)(F)F)c4)OC3=O)cc2)no1. The zero-order chi connectivity index (χ0) is 23.8. The summed E-state index contributed by atoms with van der Waals surface area (Å²) in [7, 11) is -4.25. The standard InChI is InChI=1S/C20H17F3N4O5S/c1-12-25-18(26-32-12)13-5-7-15(8-6-13)27-11-16(31-19(27)28)10-24-33(29,30)17-4-2-3-14(9-17)20(21,22)23/h2-9,16,24H,10-11H2,1H3. The third-order valence-corrected chi connectivity index (χ3v) is 6.23. The Kier molecular flexibility index (Phi) is 5.84. The van der Waals surface area contributed by atoms with Crippen molar-refractivity contribution in [2.45, 2.75) is 24.1 Å². The van der Waals surface area contributed by atoms with Gasteiger partial charge >= 0.3 is 12.3 Å². The van der Waals surface area contributed by atoms with Crippen LogP contribution in [0.1, 0.15) is 11.5 Å². The third-order valence-electron chi connectivity index (χ3n) is 4.81. The average Bonchev–Trinajstić information content (AvgIpc) is 3.37. The van der Waals surface area contributed by atoms with Crippen LogP contribution in [0.15, 0.2) is 57.9 Å². The minimum atomic E-state index is -4.68. The van der Waals surface area contributed by atoms with Gasteiger partial charge in [0.15, 0.2) is 0 Å². The highest BCUT2D eigenvalue weighted by Gasteiger charge is 2.34. The van der Waals surface area contributed by atoms with Crippen LogP contribution in [-0.2, 0) is 20.9 Å². The number of halogens is 3. The number of carbonyl (C=O) groups excluding carboxylic acids is 1. The van der Waals surface area contributed by atoms with E-state index in [0.717, 1.165) is 18.2 Å². The minimum absolute atomic E-state index is 0.0462. The number of carbonyl (C=O) groups is 1. The molecule has 33 heavy (non-hydrogen) atoms. The summed E-state index contributed by atoms with van der Waals surface area (Å²) in [5.41, 5.74) is 0.101. The molecule has 174 valence electrons. The summed E-state index contributed by atoms with van der Waals surface area (Å²) in [6.45, 7) is 1.40. The van der Waals surface area contributed by atoms with Gasteiger partial charge in [0.25, 0.3) is 0 Å². The molecule has 0 radical (unpaired) electrons. The molecule has 9 nitrogen and oxygen atoms in total. The van der Waals surface area contributed by atoms with Gasteiger partial charge in [0.2, 0.25) is 21.7 Å². The molecule has 3 aromatic rings. The van der Waals surface area contributed by atoms with Gasteiger partial charge in [0.1, 0.15) is 6.10 Å². The average molecular weight is 482 g/mol. The van der Waals surface area contributed by atoms with Crippen molar-refractivity contribution < 1.29 is 35.6 Å². The normalized spacial score (nSPS) is 16.8. The topological polar surface area (TPSA) is 115 Å². The quantitative estimate of drug-likeness (QED) is 0.573. The summed E-state index contributed by atoms with van der Waals surface area (Å²) in [5.74, 6) is 0.803. The van der Waals surface area contributed by atoms with Gasteiger partial charge < -0.3 is 9.26 Å². The first-order valence-electron chi connectivity index (χ1n) is 9.59. The minimum Gasteiger partial charge on any atom is -0.443 e. The Bertz CT molecular complexity index is 1280. The molecule has 4 rings (SSSR count). The molecule has 0 saturated carbocycles. The molecular weight excluding hydrogens is 465 g/mol. The lowest BCUT2D eigenvalue weighted by Crippen LogP contribution is -2.34. The number of benzene rings is 2. The number of aryl methyl sites for hydroxylation is 1. The van der Waals surface area contributed by atoms with Crippen molar-refractivity contribution in [2.24, 2.45) is 0 Å². The summed E-state index contributed by atoms with van der Waals surface area (Å²) < 4.78 is 75.8. The van der Waals surface area contributed by atoms with Gasteiger partial charge in [-0.2, -0.15) is 18.2 Å². The highest BCUT2D eigenvalue weighted by atomic mass is 32.2. The number of nitrogens with one attached hydrogen (secondary N) is 1. The molecule has 1 aliphatic rings. The van der Waals surface area contributed by atoms with E-state index < -0.39 is 38.9 Å². The second-order valence-corrected chi connectivity index (χ2v) is 8.94. The Balaban J connectivity index is 1.41. The molecule has 13 heteroatoms. The van der Waals surface area contributed by atoms with Gasteiger partial charge in [-0.25, -0.2) is 17.9 Å². The first-order chi connectivity index (χ1) is 15.5.